The quantitative estimate of drug-likeness (QED) is 0.0161. The lowest BCUT2D eigenvalue weighted by molar-refractivity contribution is -0.870. The number of ether oxygens (including phenoxy) is 1. The van der Waals surface area contributed by atoms with Gasteiger partial charge < -0.3 is 28.5 Å². The van der Waals surface area contributed by atoms with Crippen molar-refractivity contribution in [2.75, 3.05) is 40.9 Å². The van der Waals surface area contributed by atoms with Gasteiger partial charge in [-0.25, -0.2) is 0 Å². The largest absolute Gasteiger partial charge is 0.756 e. The summed E-state index contributed by atoms with van der Waals surface area (Å²) in [5.41, 5.74) is 0. The summed E-state index contributed by atoms with van der Waals surface area (Å²) in [6.45, 7) is 6.67. The van der Waals surface area contributed by atoms with Crippen LogP contribution >= 0.6 is 7.82 Å². The highest BCUT2D eigenvalue weighted by Crippen LogP contribution is 2.38. The first-order valence-corrected chi connectivity index (χ1v) is 33.5. The number of carbonyl (C=O) groups is 2. The molecular formula is C68H121N2O7P. The van der Waals surface area contributed by atoms with Crippen molar-refractivity contribution in [3.05, 3.63) is 97.2 Å². The van der Waals surface area contributed by atoms with Crippen LogP contribution in [0.25, 0.3) is 0 Å². The molecule has 0 fully saturated rings. The van der Waals surface area contributed by atoms with Crippen LogP contribution in [0, 0.1) is 0 Å². The van der Waals surface area contributed by atoms with Gasteiger partial charge in [-0.15, -0.1) is 0 Å². The molecule has 9 nitrogen and oxygen atoms in total. The summed E-state index contributed by atoms with van der Waals surface area (Å²) >= 11 is 0. The number of unbranched alkanes of at least 4 members (excludes halogenated alkanes) is 29. The molecule has 0 radical (unpaired) electrons. The Morgan fingerprint density at radius 2 is 0.872 bits per heavy atom. The van der Waals surface area contributed by atoms with E-state index in [4.69, 9.17) is 13.8 Å². The van der Waals surface area contributed by atoms with Gasteiger partial charge in [0.25, 0.3) is 7.82 Å². The van der Waals surface area contributed by atoms with E-state index in [1.165, 1.54) is 128 Å². The fraction of sp³-hybridized carbons (Fsp3) is 0.735. The number of hydrogen-bond acceptors (Lipinski definition) is 7. The third-order valence-corrected chi connectivity index (χ3v) is 14.8. The van der Waals surface area contributed by atoms with Crippen molar-refractivity contribution in [1.82, 2.24) is 5.32 Å². The highest BCUT2D eigenvalue weighted by atomic mass is 31.2. The van der Waals surface area contributed by atoms with E-state index >= 15 is 0 Å². The average Bonchev–Trinajstić information content (AvgIpc) is 3.40. The third kappa shape index (κ3) is 57.6. The van der Waals surface area contributed by atoms with Crippen molar-refractivity contribution in [2.24, 2.45) is 0 Å². The first-order valence-electron chi connectivity index (χ1n) is 32.1. The summed E-state index contributed by atoms with van der Waals surface area (Å²) in [5, 5.41) is 3.02. The van der Waals surface area contributed by atoms with Crippen molar-refractivity contribution in [3.8, 4) is 0 Å². The smallest absolute Gasteiger partial charge is 0.306 e. The predicted octanol–water partition coefficient (Wildman–Crippen LogP) is 19.3. The minimum absolute atomic E-state index is 0.0301. The SMILES string of the molecule is CC/C=C/C=C/C=C/CCCCCCCCCC(=O)NC(COP(=O)([O-])OCC[N+](C)(C)C)C(/C=C\CCCCCCCCCCCC)OC(=O)CCCCCCCCCCC/C=C\C/C=C\C/C=C\C/C=C\CCCCC. The molecule has 3 unspecified atom stereocenters. The second-order valence-corrected chi connectivity index (χ2v) is 24.0. The molecule has 0 aliphatic carbocycles. The maximum absolute atomic E-state index is 13.5. The van der Waals surface area contributed by atoms with Crippen LogP contribution in [0.1, 0.15) is 271 Å². The number of phosphoric acid groups is 1. The van der Waals surface area contributed by atoms with Crippen LogP contribution in [0.2, 0.25) is 0 Å². The minimum atomic E-state index is -4.71. The monoisotopic (exact) mass is 1110 g/mol. The number of nitrogens with zero attached hydrogens (tertiary/aromatic N) is 1. The average molecular weight is 1110 g/mol. The zero-order valence-corrected chi connectivity index (χ0v) is 52.2. The summed E-state index contributed by atoms with van der Waals surface area (Å²) in [4.78, 5) is 40.0. The number of quaternary nitrogens is 1. The fourth-order valence-electron chi connectivity index (χ4n) is 8.86. The van der Waals surface area contributed by atoms with Crippen LogP contribution in [0.4, 0.5) is 0 Å². The highest BCUT2D eigenvalue weighted by molar-refractivity contribution is 7.45. The molecule has 0 rings (SSSR count). The Labute approximate surface area is 481 Å². The summed E-state index contributed by atoms with van der Waals surface area (Å²) in [6.07, 6.45) is 76.6. The lowest BCUT2D eigenvalue weighted by Gasteiger charge is -2.30. The Kier molecular flexibility index (Phi) is 54.9. The van der Waals surface area contributed by atoms with Crippen LogP contribution in [0.15, 0.2) is 97.2 Å². The van der Waals surface area contributed by atoms with Gasteiger partial charge in [0.1, 0.15) is 19.3 Å². The van der Waals surface area contributed by atoms with E-state index in [0.717, 1.165) is 109 Å². The van der Waals surface area contributed by atoms with Gasteiger partial charge in [0.2, 0.25) is 5.91 Å². The van der Waals surface area contributed by atoms with Gasteiger partial charge in [-0.1, -0.05) is 260 Å². The van der Waals surface area contributed by atoms with Gasteiger partial charge in [0, 0.05) is 12.8 Å². The van der Waals surface area contributed by atoms with E-state index < -0.39 is 26.6 Å². The molecule has 0 aromatic carbocycles. The van der Waals surface area contributed by atoms with Gasteiger partial charge in [-0.2, -0.15) is 0 Å². The molecule has 0 heterocycles. The number of nitrogens with one attached hydrogen (secondary N) is 1. The fourth-order valence-corrected chi connectivity index (χ4v) is 9.58. The molecule has 0 saturated carbocycles. The normalized spacial score (nSPS) is 14.3. The standard InChI is InChI=1S/C68H121N2O7P/c1-7-10-13-16-19-22-25-28-30-31-32-33-34-35-36-37-38-39-41-43-46-49-52-55-58-61-68(72)77-66(59-56-53-50-47-44-27-24-21-18-15-12-9-3)65(64-76-78(73,74)75-63-62-70(4,5)6)69-67(71)60-57-54-51-48-45-42-40-29-26-23-20-17-14-11-8-2/h11,14,17,19-20,22-23,26,28,30,32-33,35-36,56,59,65-66H,7-10,12-13,15-16,18,21,24-25,27,29,31,34,37-55,57-58,60-64H2,1-6H3,(H-,69,71,73,74)/b14-11+,20-17+,22-19-,26-23+,30-28-,33-32-,36-35-,59-56-. The Morgan fingerprint density at radius 1 is 0.474 bits per heavy atom. The zero-order chi connectivity index (χ0) is 57.2. The maximum atomic E-state index is 13.5. The van der Waals surface area contributed by atoms with Crippen LogP contribution in [0.5, 0.6) is 0 Å². The molecule has 0 bridgehead atoms. The van der Waals surface area contributed by atoms with Gasteiger partial charge in [0.15, 0.2) is 0 Å². The molecule has 0 aromatic heterocycles. The zero-order valence-electron chi connectivity index (χ0n) is 51.3. The molecule has 10 heteroatoms. The highest BCUT2D eigenvalue weighted by Gasteiger charge is 2.27. The van der Waals surface area contributed by atoms with E-state index in [1.54, 1.807) is 0 Å². The van der Waals surface area contributed by atoms with E-state index in [1.807, 2.05) is 33.3 Å². The Hall–Kier alpha value is -3.07. The van der Waals surface area contributed by atoms with Crippen molar-refractivity contribution in [2.45, 2.75) is 283 Å². The number of likely N-dealkylation sites (N-methyl/N-ethyl adjacent to an activating group) is 1. The minimum Gasteiger partial charge on any atom is -0.756 e. The molecule has 78 heavy (non-hydrogen) atoms. The van der Waals surface area contributed by atoms with Gasteiger partial charge in [-0.05, 0) is 96.0 Å². The van der Waals surface area contributed by atoms with Crippen LogP contribution < -0.4 is 10.2 Å². The van der Waals surface area contributed by atoms with Crippen LogP contribution in [0.3, 0.4) is 0 Å². The summed E-state index contributed by atoms with van der Waals surface area (Å²) in [6, 6.07) is -0.902. The first kappa shape index (κ1) is 74.9. The number of allylic oxidation sites excluding steroid dienone is 15. The number of carbonyl (C=O) groups excluding carboxylic acids is 2. The van der Waals surface area contributed by atoms with Crippen molar-refractivity contribution < 1.29 is 37.3 Å². The van der Waals surface area contributed by atoms with E-state index in [0.29, 0.717) is 17.4 Å². The number of hydrogen-bond donors (Lipinski definition) is 1. The number of rotatable bonds is 57. The van der Waals surface area contributed by atoms with Crippen molar-refractivity contribution in [3.63, 3.8) is 0 Å². The van der Waals surface area contributed by atoms with E-state index in [2.05, 4.69) is 111 Å². The van der Waals surface area contributed by atoms with Crippen molar-refractivity contribution in [1.29, 1.82) is 0 Å². The van der Waals surface area contributed by atoms with Gasteiger partial charge in [-0.3, -0.25) is 14.2 Å². The molecule has 0 saturated heterocycles. The molecule has 0 aliphatic rings. The Balaban J connectivity index is 5.17. The van der Waals surface area contributed by atoms with Gasteiger partial charge in [0.05, 0.1) is 33.8 Å². The molecule has 1 N–H and O–H groups in total. The second-order valence-electron chi connectivity index (χ2n) is 22.6. The number of amides is 1. The molecule has 450 valence electrons. The summed E-state index contributed by atoms with van der Waals surface area (Å²) < 4.78 is 30.3. The van der Waals surface area contributed by atoms with Crippen LogP contribution in [-0.2, 0) is 27.9 Å². The number of phosphoric ester groups is 1. The van der Waals surface area contributed by atoms with Gasteiger partial charge >= 0.3 is 5.97 Å². The lowest BCUT2D eigenvalue weighted by atomic mass is 10.0. The lowest BCUT2D eigenvalue weighted by Crippen LogP contribution is -2.47. The Morgan fingerprint density at radius 3 is 1.36 bits per heavy atom. The Bertz CT molecular complexity index is 1660. The molecule has 0 aliphatic heterocycles. The maximum Gasteiger partial charge on any atom is 0.306 e. The molecular weight excluding hydrogens is 988 g/mol. The first-order chi connectivity index (χ1) is 37.9. The summed E-state index contributed by atoms with van der Waals surface area (Å²) in [7, 11) is 1.16. The van der Waals surface area contributed by atoms with E-state index in [-0.39, 0.29) is 24.9 Å². The third-order valence-electron chi connectivity index (χ3n) is 13.8. The predicted molar refractivity (Wildman–Crippen MR) is 334 cm³/mol. The molecule has 0 spiro atoms. The molecule has 1 amide bonds. The van der Waals surface area contributed by atoms with E-state index in [9.17, 15) is 19.0 Å². The summed E-state index contributed by atoms with van der Waals surface area (Å²) in [5.74, 6) is -0.564. The molecule has 0 aromatic rings. The van der Waals surface area contributed by atoms with Crippen LogP contribution in [-0.4, -0.2) is 69.4 Å². The molecule has 3 atom stereocenters. The second kappa shape index (κ2) is 57.2. The number of esters is 1. The topological polar surface area (TPSA) is 114 Å². The van der Waals surface area contributed by atoms with Crippen molar-refractivity contribution >= 4 is 19.7 Å².